The Balaban J connectivity index is 1.87. The predicted octanol–water partition coefficient (Wildman–Crippen LogP) is 4.17. The minimum atomic E-state index is 0.159. The quantitative estimate of drug-likeness (QED) is 0.678. The molecule has 3 rings (SSSR count). The lowest BCUT2D eigenvalue weighted by molar-refractivity contribution is 0.755. The van der Waals surface area contributed by atoms with E-state index in [2.05, 4.69) is 22.4 Å². The summed E-state index contributed by atoms with van der Waals surface area (Å²) in [4.78, 5) is 0. The fourth-order valence-corrected chi connectivity index (χ4v) is 3.35. The van der Waals surface area contributed by atoms with Gasteiger partial charge in [0.05, 0.1) is 5.69 Å². The van der Waals surface area contributed by atoms with E-state index in [0.29, 0.717) is 0 Å². The van der Waals surface area contributed by atoms with Crippen LogP contribution in [0.15, 0.2) is 59.8 Å². The number of benzene rings is 2. The van der Waals surface area contributed by atoms with Crippen LogP contribution in [0.4, 0.5) is 0 Å². The van der Waals surface area contributed by atoms with Crippen molar-refractivity contribution in [2.45, 2.75) is 17.3 Å². The van der Waals surface area contributed by atoms with Gasteiger partial charge in [-0.05, 0) is 41.1 Å². The molecule has 0 aliphatic carbocycles. The number of thioether (sulfide) groups is 1. The average Bonchev–Trinajstić information content (AvgIpc) is 2.96. The number of hydrogen-bond acceptors (Lipinski definition) is 4. The molecule has 6 heteroatoms. The van der Waals surface area contributed by atoms with Crippen LogP contribution in [0.1, 0.15) is 17.7 Å². The molecule has 0 saturated carbocycles. The van der Waals surface area contributed by atoms with E-state index >= 15 is 0 Å². The number of nitrogens with zero attached hydrogens (tertiary/aromatic N) is 4. The molecule has 0 spiro atoms. The van der Waals surface area contributed by atoms with Crippen LogP contribution < -0.4 is 0 Å². The molecule has 1 atom stereocenters. The summed E-state index contributed by atoms with van der Waals surface area (Å²) in [6, 6.07) is 17.7. The Morgan fingerprint density at radius 3 is 2.52 bits per heavy atom. The van der Waals surface area contributed by atoms with Crippen molar-refractivity contribution in [3.63, 3.8) is 0 Å². The summed E-state index contributed by atoms with van der Waals surface area (Å²) in [6.07, 6.45) is 0. The van der Waals surface area contributed by atoms with Crippen LogP contribution in [-0.2, 0) is 0 Å². The van der Waals surface area contributed by atoms with Crippen LogP contribution in [0.5, 0.6) is 0 Å². The second-order valence-electron chi connectivity index (χ2n) is 4.49. The van der Waals surface area contributed by atoms with Crippen molar-refractivity contribution in [3.8, 4) is 5.69 Å². The second kappa shape index (κ2) is 6.28. The number of aromatic nitrogens is 4. The minimum absolute atomic E-state index is 0.159. The van der Waals surface area contributed by atoms with Crippen LogP contribution in [0.3, 0.4) is 0 Å². The van der Waals surface area contributed by atoms with E-state index in [1.165, 1.54) is 0 Å². The lowest BCUT2D eigenvalue weighted by Crippen LogP contribution is -2.00. The molecule has 0 amide bonds. The third-order valence-electron chi connectivity index (χ3n) is 3.07. The summed E-state index contributed by atoms with van der Waals surface area (Å²) in [7, 11) is 0. The highest BCUT2D eigenvalue weighted by atomic mass is 35.5. The first kappa shape index (κ1) is 14.1. The highest BCUT2D eigenvalue weighted by Gasteiger charge is 2.16. The fraction of sp³-hybridized carbons (Fsp3) is 0.133. The summed E-state index contributed by atoms with van der Waals surface area (Å²) in [5.74, 6) is 0. The van der Waals surface area contributed by atoms with Crippen molar-refractivity contribution in [3.05, 3.63) is 65.2 Å². The minimum Gasteiger partial charge on any atom is -0.187 e. The molecule has 0 radical (unpaired) electrons. The molecule has 106 valence electrons. The molecule has 0 aliphatic heterocycles. The molecule has 0 saturated heterocycles. The van der Waals surface area contributed by atoms with Crippen molar-refractivity contribution in [1.82, 2.24) is 20.2 Å². The summed E-state index contributed by atoms with van der Waals surface area (Å²) in [5.41, 5.74) is 2.02. The Kier molecular flexibility index (Phi) is 4.22. The van der Waals surface area contributed by atoms with Gasteiger partial charge in [0.2, 0.25) is 5.16 Å². The van der Waals surface area contributed by atoms with Crippen molar-refractivity contribution < 1.29 is 0 Å². The largest absolute Gasteiger partial charge is 0.214 e. The highest BCUT2D eigenvalue weighted by molar-refractivity contribution is 7.99. The Bertz CT molecular complexity index is 729. The molecule has 0 fully saturated rings. The molecule has 3 aromatic rings. The van der Waals surface area contributed by atoms with Gasteiger partial charge in [0.25, 0.3) is 0 Å². The number of tetrazole rings is 1. The third kappa shape index (κ3) is 3.09. The normalized spacial score (nSPS) is 12.3. The zero-order valence-electron chi connectivity index (χ0n) is 11.3. The van der Waals surface area contributed by atoms with Gasteiger partial charge in [0, 0.05) is 10.3 Å². The second-order valence-corrected chi connectivity index (χ2v) is 6.21. The fourth-order valence-electron chi connectivity index (χ4n) is 2.01. The zero-order valence-corrected chi connectivity index (χ0v) is 12.9. The van der Waals surface area contributed by atoms with Gasteiger partial charge in [0.15, 0.2) is 0 Å². The topological polar surface area (TPSA) is 43.6 Å². The van der Waals surface area contributed by atoms with E-state index in [4.69, 9.17) is 11.6 Å². The van der Waals surface area contributed by atoms with E-state index in [0.717, 1.165) is 21.4 Å². The zero-order chi connectivity index (χ0) is 14.7. The molecule has 0 N–H and O–H groups in total. The summed E-state index contributed by atoms with van der Waals surface area (Å²) < 4.78 is 1.73. The predicted molar refractivity (Wildman–Crippen MR) is 84.9 cm³/mol. The molecule has 1 heterocycles. The smallest absolute Gasteiger partial charge is 0.187 e. The molecule has 0 unspecified atom stereocenters. The SMILES string of the molecule is C[C@@H](Sc1nnnn1-c1ccccc1)c1ccccc1Cl. The molecular formula is C15H13ClN4S. The van der Waals surface area contributed by atoms with Gasteiger partial charge in [0.1, 0.15) is 0 Å². The van der Waals surface area contributed by atoms with E-state index in [1.807, 2.05) is 54.6 Å². The van der Waals surface area contributed by atoms with Crippen molar-refractivity contribution in [1.29, 1.82) is 0 Å². The lowest BCUT2D eigenvalue weighted by atomic mass is 10.2. The van der Waals surface area contributed by atoms with Crippen molar-refractivity contribution in [2.24, 2.45) is 0 Å². The standard InChI is InChI=1S/C15H13ClN4S/c1-11(13-9-5-6-10-14(13)16)21-15-17-18-19-20(15)12-7-3-2-4-8-12/h2-11H,1H3/t11-/m1/s1. The Morgan fingerprint density at radius 1 is 1.05 bits per heavy atom. The van der Waals surface area contributed by atoms with E-state index in [9.17, 15) is 0 Å². The van der Waals surface area contributed by atoms with Gasteiger partial charge in [-0.15, -0.1) is 5.10 Å². The summed E-state index contributed by atoms with van der Waals surface area (Å²) in [6.45, 7) is 2.09. The maximum atomic E-state index is 6.24. The van der Waals surface area contributed by atoms with Gasteiger partial charge in [-0.25, -0.2) is 0 Å². The molecule has 2 aromatic carbocycles. The van der Waals surface area contributed by atoms with Crippen LogP contribution in [0.2, 0.25) is 5.02 Å². The number of hydrogen-bond donors (Lipinski definition) is 0. The molecule has 0 bridgehead atoms. The molecule has 1 aromatic heterocycles. The van der Waals surface area contributed by atoms with Crippen molar-refractivity contribution >= 4 is 23.4 Å². The van der Waals surface area contributed by atoms with E-state index in [1.54, 1.807) is 16.4 Å². The maximum Gasteiger partial charge on any atom is 0.214 e. The van der Waals surface area contributed by atoms with Gasteiger partial charge < -0.3 is 0 Å². The first-order valence-corrected chi connectivity index (χ1v) is 7.76. The molecule has 21 heavy (non-hydrogen) atoms. The van der Waals surface area contributed by atoms with Crippen molar-refractivity contribution in [2.75, 3.05) is 0 Å². The number of rotatable bonds is 4. The maximum absolute atomic E-state index is 6.24. The molecule has 4 nitrogen and oxygen atoms in total. The van der Waals surface area contributed by atoms with Crippen LogP contribution >= 0.6 is 23.4 Å². The van der Waals surface area contributed by atoms with Gasteiger partial charge in [-0.1, -0.05) is 59.8 Å². The van der Waals surface area contributed by atoms with Crippen LogP contribution in [-0.4, -0.2) is 20.2 Å². The Hall–Kier alpha value is -1.85. The summed E-state index contributed by atoms with van der Waals surface area (Å²) >= 11 is 7.83. The Morgan fingerprint density at radius 2 is 1.76 bits per heavy atom. The van der Waals surface area contributed by atoms with Crippen LogP contribution in [0, 0.1) is 0 Å². The van der Waals surface area contributed by atoms with Gasteiger partial charge >= 0.3 is 0 Å². The van der Waals surface area contributed by atoms with E-state index in [-0.39, 0.29) is 5.25 Å². The number of halogens is 1. The number of para-hydroxylation sites is 1. The van der Waals surface area contributed by atoms with Gasteiger partial charge in [-0.3, -0.25) is 0 Å². The first-order chi connectivity index (χ1) is 10.3. The molecule has 0 aliphatic rings. The lowest BCUT2D eigenvalue weighted by Gasteiger charge is -2.12. The van der Waals surface area contributed by atoms with E-state index < -0.39 is 0 Å². The summed E-state index contributed by atoms with van der Waals surface area (Å²) in [5, 5.41) is 13.6. The Labute approximate surface area is 132 Å². The monoisotopic (exact) mass is 316 g/mol. The average molecular weight is 317 g/mol. The highest BCUT2D eigenvalue weighted by Crippen LogP contribution is 2.37. The van der Waals surface area contributed by atoms with Gasteiger partial charge in [-0.2, -0.15) is 4.68 Å². The third-order valence-corrected chi connectivity index (χ3v) is 4.48. The molecular weight excluding hydrogens is 304 g/mol. The first-order valence-electron chi connectivity index (χ1n) is 6.50. The van der Waals surface area contributed by atoms with Crippen LogP contribution in [0.25, 0.3) is 5.69 Å².